The highest BCUT2D eigenvalue weighted by atomic mass is 31.2. The van der Waals surface area contributed by atoms with E-state index in [1.54, 1.807) is 39.0 Å². The number of nitrogens with one attached hydrogen (secondary N) is 3. The Kier molecular flexibility index (Phi) is 9.58. The van der Waals surface area contributed by atoms with E-state index in [-0.39, 0.29) is 30.5 Å². The Morgan fingerprint density at radius 2 is 1.97 bits per heavy atom. The van der Waals surface area contributed by atoms with Gasteiger partial charge in [0, 0.05) is 24.7 Å². The molecule has 12 nitrogen and oxygen atoms in total. The number of aliphatic hydroxyl groups excluding tert-OH is 1. The van der Waals surface area contributed by atoms with Gasteiger partial charge in [0.25, 0.3) is 5.91 Å². The number of hydrogen-bond acceptors (Lipinski definition) is 10. The number of ether oxygens (including phenoxy) is 1. The molecule has 6 atom stereocenters. The zero-order valence-corrected chi connectivity index (χ0v) is 23.2. The van der Waals surface area contributed by atoms with Crippen molar-refractivity contribution in [2.75, 3.05) is 6.61 Å². The number of benzene rings is 1. The molecule has 1 amide bonds. The van der Waals surface area contributed by atoms with Crippen molar-refractivity contribution in [3.05, 3.63) is 55.0 Å². The van der Waals surface area contributed by atoms with Gasteiger partial charge in [0.2, 0.25) is 5.79 Å². The third-order valence-corrected chi connectivity index (χ3v) is 7.78. The van der Waals surface area contributed by atoms with Crippen molar-refractivity contribution in [2.45, 2.75) is 76.3 Å². The summed E-state index contributed by atoms with van der Waals surface area (Å²) in [6, 6.07) is 7.47. The Hall–Kier alpha value is -2.80. The Labute approximate surface area is 226 Å². The second kappa shape index (κ2) is 12.2. The fraction of sp³-hybridized carbons (Fsp3) is 0.520. The number of carbonyl (C=O) groups is 2. The number of nitrogens with zero attached hydrogens (tertiary/aromatic N) is 1. The van der Waals surface area contributed by atoms with Gasteiger partial charge in [0.1, 0.15) is 36.0 Å². The molecule has 216 valence electrons. The number of amides is 1. The first kappa shape index (κ1) is 30.7. The van der Waals surface area contributed by atoms with Crippen LogP contribution in [0.4, 0.5) is 4.39 Å². The molecule has 0 saturated carbocycles. The smallest absolute Gasteiger partial charge is 0.459 e. The van der Waals surface area contributed by atoms with Crippen molar-refractivity contribution in [3.8, 4) is 5.75 Å². The molecule has 1 aromatic rings. The highest BCUT2D eigenvalue weighted by Crippen LogP contribution is 2.47. The van der Waals surface area contributed by atoms with Gasteiger partial charge in [0.15, 0.2) is 0 Å². The van der Waals surface area contributed by atoms with Gasteiger partial charge in [-0.05, 0) is 46.2 Å². The van der Waals surface area contributed by atoms with E-state index in [1.807, 2.05) is 0 Å². The zero-order valence-electron chi connectivity index (χ0n) is 22.3. The van der Waals surface area contributed by atoms with Gasteiger partial charge in [-0.15, -0.1) is 0 Å². The van der Waals surface area contributed by atoms with Gasteiger partial charge >= 0.3 is 13.7 Å². The fourth-order valence-electron chi connectivity index (χ4n) is 4.14. The van der Waals surface area contributed by atoms with Crippen LogP contribution in [0.5, 0.6) is 5.75 Å². The van der Waals surface area contributed by atoms with Gasteiger partial charge in [-0.1, -0.05) is 24.8 Å². The molecular formula is C25H36FN4O8P. The monoisotopic (exact) mass is 570 g/mol. The van der Waals surface area contributed by atoms with Crippen LogP contribution in [-0.4, -0.2) is 69.4 Å². The summed E-state index contributed by atoms with van der Waals surface area (Å²) in [6.45, 7) is 8.98. The van der Waals surface area contributed by atoms with Crippen molar-refractivity contribution < 1.29 is 42.5 Å². The molecule has 0 spiro atoms. The molecule has 3 rings (SSSR count). The van der Waals surface area contributed by atoms with E-state index in [9.17, 15) is 24.4 Å². The summed E-state index contributed by atoms with van der Waals surface area (Å²) >= 11 is 0. The highest BCUT2D eigenvalue weighted by molar-refractivity contribution is 7.52. The van der Waals surface area contributed by atoms with Crippen molar-refractivity contribution >= 4 is 19.6 Å². The average Bonchev–Trinajstić information content (AvgIpc) is 3.02. The maximum atomic E-state index is 16.1. The molecule has 2 unspecified atom stereocenters. The Morgan fingerprint density at radius 1 is 1.31 bits per heavy atom. The summed E-state index contributed by atoms with van der Waals surface area (Å²) in [5.74, 6) is -3.48. The van der Waals surface area contributed by atoms with Crippen molar-refractivity contribution in [1.82, 2.24) is 20.6 Å². The Bertz CT molecular complexity index is 1130. The topological polar surface area (TPSA) is 159 Å². The molecule has 2 aliphatic rings. The van der Waals surface area contributed by atoms with Crippen LogP contribution in [0.2, 0.25) is 0 Å². The van der Waals surface area contributed by atoms with Gasteiger partial charge in [-0.2, -0.15) is 0 Å². The lowest BCUT2D eigenvalue weighted by molar-refractivity contribution is -0.147. The molecule has 1 aromatic carbocycles. The quantitative estimate of drug-likeness (QED) is 0.142. The predicted octanol–water partition coefficient (Wildman–Crippen LogP) is 2.02. The lowest BCUT2D eigenvalue weighted by Crippen LogP contribution is -2.56. The van der Waals surface area contributed by atoms with Crippen LogP contribution in [0.25, 0.3) is 0 Å². The molecule has 2 aliphatic heterocycles. The Morgan fingerprint density at radius 3 is 2.59 bits per heavy atom. The van der Waals surface area contributed by atoms with E-state index >= 15 is 4.39 Å². The van der Waals surface area contributed by atoms with Gasteiger partial charge in [-0.25, -0.2) is 14.0 Å². The third kappa shape index (κ3) is 7.65. The summed E-state index contributed by atoms with van der Waals surface area (Å²) in [5.41, 5.74) is -2.10. The van der Waals surface area contributed by atoms with Crippen LogP contribution in [0, 0.1) is 0 Å². The first-order chi connectivity index (χ1) is 18.1. The second-order valence-corrected chi connectivity index (χ2v) is 11.7. The molecule has 1 fully saturated rings. The maximum absolute atomic E-state index is 16.1. The van der Waals surface area contributed by atoms with Crippen LogP contribution < -0.4 is 20.2 Å². The SMILES string of the molecule is C=C1NC(=O)C=CN1[C@@H]1N[C@](F)(COP(=O)(NC(C)CCC(=O)OC(C)C)Oc2ccccc2)[C@@H](O)[C@@]1(C)O. The van der Waals surface area contributed by atoms with Gasteiger partial charge in [-0.3, -0.25) is 19.4 Å². The normalized spacial score (nSPS) is 29.2. The van der Waals surface area contributed by atoms with E-state index in [1.165, 1.54) is 30.2 Å². The summed E-state index contributed by atoms with van der Waals surface area (Å²) in [4.78, 5) is 24.8. The number of hydrogen-bond donors (Lipinski definition) is 5. The number of carbonyl (C=O) groups excluding carboxylic acids is 2. The first-order valence-corrected chi connectivity index (χ1v) is 14.0. The average molecular weight is 571 g/mol. The standard InChI is InChI=1S/C25H36FN4O8P/c1-16(2)37-21(32)12-11-17(3)29-39(35,38-19-9-7-6-8-10-19)36-15-25(26)22(33)24(5,34)23(28-25)30-14-13-20(31)27-18(30)4/h6-10,13-14,16-17,22-23,28,33-34H,4,11-12,15H2,1-3,5H3,(H,27,31)(H,29,35)/t17?,22-,23-,24+,25+,39?/m0/s1. The van der Waals surface area contributed by atoms with Crippen LogP contribution in [0.3, 0.4) is 0 Å². The highest BCUT2D eigenvalue weighted by Gasteiger charge is 2.63. The van der Waals surface area contributed by atoms with E-state index in [0.29, 0.717) is 0 Å². The summed E-state index contributed by atoms with van der Waals surface area (Å²) in [7, 11) is -4.30. The number of alkyl halides is 1. The lowest BCUT2D eigenvalue weighted by Gasteiger charge is -2.37. The van der Waals surface area contributed by atoms with Crippen LogP contribution in [-0.2, 0) is 23.4 Å². The van der Waals surface area contributed by atoms with Gasteiger partial charge in [0.05, 0.1) is 6.10 Å². The molecule has 0 aliphatic carbocycles. The molecule has 0 bridgehead atoms. The molecule has 1 saturated heterocycles. The molecule has 0 radical (unpaired) electrons. The van der Waals surface area contributed by atoms with E-state index in [4.69, 9.17) is 13.8 Å². The molecule has 2 heterocycles. The van der Waals surface area contributed by atoms with Crippen LogP contribution in [0.1, 0.15) is 40.5 Å². The van der Waals surface area contributed by atoms with Crippen LogP contribution >= 0.6 is 7.75 Å². The predicted molar refractivity (Wildman–Crippen MR) is 139 cm³/mol. The van der Waals surface area contributed by atoms with Crippen molar-refractivity contribution in [2.24, 2.45) is 0 Å². The van der Waals surface area contributed by atoms with Crippen molar-refractivity contribution in [3.63, 3.8) is 0 Å². The number of halogens is 1. The zero-order chi connectivity index (χ0) is 29.0. The van der Waals surface area contributed by atoms with Gasteiger partial charge < -0.3 is 29.7 Å². The van der Waals surface area contributed by atoms with E-state index < -0.39 is 55.9 Å². The van der Waals surface area contributed by atoms with E-state index in [0.717, 1.165) is 6.08 Å². The maximum Gasteiger partial charge on any atom is 0.459 e. The Balaban J connectivity index is 1.76. The summed E-state index contributed by atoms with van der Waals surface area (Å²) in [6.07, 6.45) is -0.941. The molecule has 5 N–H and O–H groups in total. The summed E-state index contributed by atoms with van der Waals surface area (Å²) < 4.78 is 46.1. The molecule has 39 heavy (non-hydrogen) atoms. The van der Waals surface area contributed by atoms with Crippen molar-refractivity contribution in [1.29, 1.82) is 0 Å². The molecule has 0 aromatic heterocycles. The number of rotatable bonds is 12. The lowest BCUT2D eigenvalue weighted by atomic mass is 9.95. The second-order valence-electron chi connectivity index (χ2n) is 9.98. The largest absolute Gasteiger partial charge is 0.463 e. The molecule has 14 heteroatoms. The summed E-state index contributed by atoms with van der Waals surface area (Å²) in [5, 5.41) is 29.4. The number of esters is 1. The fourth-order valence-corrected chi connectivity index (χ4v) is 5.75. The van der Waals surface area contributed by atoms with Crippen LogP contribution in [0.15, 0.2) is 55.0 Å². The first-order valence-electron chi connectivity index (χ1n) is 12.5. The number of aliphatic hydroxyl groups is 2. The minimum Gasteiger partial charge on any atom is -0.463 e. The van der Waals surface area contributed by atoms with E-state index in [2.05, 4.69) is 22.3 Å². The number of para-hydroxylation sites is 1. The minimum atomic E-state index is -4.30. The third-order valence-electron chi connectivity index (χ3n) is 6.10. The molecular weight excluding hydrogens is 534 g/mol. The minimum absolute atomic E-state index is 0.0271.